The number of nitro groups is 1. The van der Waals surface area contributed by atoms with E-state index in [1.807, 2.05) is 18.2 Å². The van der Waals surface area contributed by atoms with E-state index in [1.54, 1.807) is 5.51 Å². The standard InChI is InChI=1S/C12H10N6O2S/c13-17-12-5-8(18(19)20)4-11(16-12)15-7-1-2-9-10(3-7)21-6-14-9/h1-6H,13H2,(H2,15,16,17). The summed E-state index contributed by atoms with van der Waals surface area (Å²) >= 11 is 1.52. The Kier molecular flexibility index (Phi) is 3.34. The van der Waals surface area contributed by atoms with Crippen molar-refractivity contribution in [3.05, 3.63) is 46.0 Å². The van der Waals surface area contributed by atoms with Gasteiger partial charge in [0.25, 0.3) is 5.69 Å². The number of nitrogens with one attached hydrogen (secondary N) is 2. The first-order valence-electron chi connectivity index (χ1n) is 5.89. The lowest BCUT2D eigenvalue weighted by Gasteiger charge is -2.07. The Balaban J connectivity index is 1.96. The van der Waals surface area contributed by atoms with E-state index < -0.39 is 4.92 Å². The molecule has 0 bridgehead atoms. The van der Waals surface area contributed by atoms with Crippen molar-refractivity contribution >= 4 is 44.6 Å². The summed E-state index contributed by atoms with van der Waals surface area (Å²) in [4.78, 5) is 18.7. The molecule has 0 saturated carbocycles. The summed E-state index contributed by atoms with van der Waals surface area (Å²) in [6.07, 6.45) is 0. The summed E-state index contributed by atoms with van der Waals surface area (Å²) < 4.78 is 1.02. The highest BCUT2D eigenvalue weighted by atomic mass is 32.1. The number of hydrogen-bond acceptors (Lipinski definition) is 8. The molecule has 0 fully saturated rings. The summed E-state index contributed by atoms with van der Waals surface area (Å²) in [5, 5.41) is 13.9. The maximum atomic E-state index is 10.9. The highest BCUT2D eigenvalue weighted by molar-refractivity contribution is 7.16. The van der Waals surface area contributed by atoms with Crippen LogP contribution in [0.15, 0.2) is 35.8 Å². The number of aromatic nitrogens is 2. The van der Waals surface area contributed by atoms with Crippen molar-refractivity contribution in [3.8, 4) is 0 Å². The second kappa shape index (κ2) is 5.31. The van der Waals surface area contributed by atoms with Crippen molar-refractivity contribution in [1.82, 2.24) is 9.97 Å². The van der Waals surface area contributed by atoms with E-state index in [0.717, 1.165) is 15.9 Å². The summed E-state index contributed by atoms with van der Waals surface area (Å²) in [6, 6.07) is 8.21. The van der Waals surface area contributed by atoms with Crippen LogP contribution in [0.2, 0.25) is 0 Å². The van der Waals surface area contributed by atoms with E-state index in [0.29, 0.717) is 5.82 Å². The Morgan fingerprint density at radius 1 is 1.24 bits per heavy atom. The van der Waals surface area contributed by atoms with Crippen molar-refractivity contribution < 1.29 is 4.92 Å². The highest BCUT2D eigenvalue weighted by Gasteiger charge is 2.11. The van der Waals surface area contributed by atoms with Crippen LogP contribution in [-0.4, -0.2) is 14.9 Å². The molecule has 0 aliphatic rings. The average molecular weight is 302 g/mol. The highest BCUT2D eigenvalue weighted by Crippen LogP contribution is 2.26. The first kappa shape index (κ1) is 13.2. The van der Waals surface area contributed by atoms with E-state index in [9.17, 15) is 10.1 Å². The van der Waals surface area contributed by atoms with Gasteiger partial charge in [-0.25, -0.2) is 15.8 Å². The molecule has 3 rings (SSSR count). The molecule has 0 saturated heterocycles. The minimum absolute atomic E-state index is 0.0979. The second-order valence-electron chi connectivity index (χ2n) is 4.16. The van der Waals surface area contributed by atoms with Gasteiger partial charge < -0.3 is 10.7 Å². The van der Waals surface area contributed by atoms with E-state index in [1.165, 1.54) is 23.5 Å². The van der Waals surface area contributed by atoms with Crippen LogP contribution in [-0.2, 0) is 0 Å². The fraction of sp³-hybridized carbons (Fsp3) is 0. The van der Waals surface area contributed by atoms with Crippen molar-refractivity contribution in [2.24, 2.45) is 5.84 Å². The molecule has 0 radical (unpaired) electrons. The van der Waals surface area contributed by atoms with Crippen molar-refractivity contribution in [2.45, 2.75) is 0 Å². The maximum absolute atomic E-state index is 10.9. The number of benzene rings is 1. The predicted molar refractivity (Wildman–Crippen MR) is 81.6 cm³/mol. The Morgan fingerprint density at radius 3 is 2.81 bits per heavy atom. The summed E-state index contributed by atoms with van der Waals surface area (Å²) in [6.45, 7) is 0. The minimum Gasteiger partial charge on any atom is -0.340 e. The fourth-order valence-electron chi connectivity index (χ4n) is 1.84. The van der Waals surface area contributed by atoms with Gasteiger partial charge in [0.15, 0.2) is 0 Å². The molecule has 0 aliphatic carbocycles. The van der Waals surface area contributed by atoms with Gasteiger partial charge in [-0.2, -0.15) is 0 Å². The van der Waals surface area contributed by atoms with Crippen LogP contribution < -0.4 is 16.6 Å². The molecule has 9 heteroatoms. The zero-order valence-electron chi connectivity index (χ0n) is 10.6. The van der Waals surface area contributed by atoms with Gasteiger partial charge >= 0.3 is 0 Å². The van der Waals surface area contributed by atoms with Gasteiger partial charge in [-0.3, -0.25) is 10.1 Å². The zero-order chi connectivity index (χ0) is 14.8. The van der Waals surface area contributed by atoms with Crippen LogP contribution in [0.1, 0.15) is 0 Å². The Labute approximate surface area is 122 Å². The number of anilines is 3. The topological polar surface area (TPSA) is 119 Å². The van der Waals surface area contributed by atoms with Crippen LogP contribution in [0.3, 0.4) is 0 Å². The van der Waals surface area contributed by atoms with Crippen LogP contribution in [0.4, 0.5) is 23.0 Å². The lowest BCUT2D eigenvalue weighted by Crippen LogP contribution is -2.10. The second-order valence-corrected chi connectivity index (χ2v) is 5.04. The number of fused-ring (bicyclic) bond motifs is 1. The van der Waals surface area contributed by atoms with Gasteiger partial charge in [0.2, 0.25) is 0 Å². The minimum atomic E-state index is -0.500. The number of thiazole rings is 1. The van der Waals surface area contributed by atoms with Crippen molar-refractivity contribution in [1.29, 1.82) is 0 Å². The number of pyridine rings is 1. The molecule has 1 aromatic carbocycles. The van der Waals surface area contributed by atoms with Crippen LogP contribution in [0.25, 0.3) is 10.2 Å². The molecule has 2 heterocycles. The molecule has 3 aromatic rings. The van der Waals surface area contributed by atoms with Gasteiger partial charge in [0.05, 0.1) is 32.8 Å². The Hall–Kier alpha value is -2.78. The van der Waals surface area contributed by atoms with E-state index in [4.69, 9.17) is 5.84 Å². The molecular formula is C12H10N6O2S. The van der Waals surface area contributed by atoms with Crippen LogP contribution >= 0.6 is 11.3 Å². The van der Waals surface area contributed by atoms with Gasteiger partial charge in [-0.15, -0.1) is 11.3 Å². The van der Waals surface area contributed by atoms with Crippen molar-refractivity contribution in [3.63, 3.8) is 0 Å². The Bertz CT molecular complexity index is 818. The molecule has 0 spiro atoms. The average Bonchev–Trinajstić information content (AvgIpc) is 2.94. The number of hydrazine groups is 1. The smallest absolute Gasteiger partial charge is 0.276 e. The molecule has 0 atom stereocenters. The lowest BCUT2D eigenvalue weighted by atomic mass is 10.3. The van der Waals surface area contributed by atoms with E-state index in [-0.39, 0.29) is 11.5 Å². The number of rotatable bonds is 4. The fourth-order valence-corrected chi connectivity index (χ4v) is 2.56. The van der Waals surface area contributed by atoms with Gasteiger partial charge in [0.1, 0.15) is 11.6 Å². The first-order chi connectivity index (χ1) is 10.2. The first-order valence-corrected chi connectivity index (χ1v) is 6.77. The Morgan fingerprint density at radius 2 is 2.05 bits per heavy atom. The normalized spacial score (nSPS) is 10.5. The zero-order valence-corrected chi connectivity index (χ0v) is 11.4. The summed E-state index contributed by atoms with van der Waals surface area (Å²) in [5.41, 5.74) is 5.64. The molecule has 0 aliphatic heterocycles. The third-order valence-corrected chi connectivity index (χ3v) is 3.56. The van der Waals surface area contributed by atoms with Gasteiger partial charge in [0, 0.05) is 5.69 Å². The molecule has 0 unspecified atom stereocenters. The molecule has 2 aromatic heterocycles. The van der Waals surface area contributed by atoms with Crippen molar-refractivity contribution in [2.75, 3.05) is 10.7 Å². The van der Waals surface area contributed by atoms with Gasteiger partial charge in [-0.05, 0) is 18.2 Å². The third kappa shape index (κ3) is 2.73. The largest absolute Gasteiger partial charge is 0.340 e. The third-order valence-electron chi connectivity index (χ3n) is 2.77. The molecule has 4 N–H and O–H groups in total. The maximum Gasteiger partial charge on any atom is 0.276 e. The van der Waals surface area contributed by atoms with E-state index >= 15 is 0 Å². The molecule has 21 heavy (non-hydrogen) atoms. The van der Waals surface area contributed by atoms with Crippen LogP contribution in [0.5, 0.6) is 0 Å². The van der Waals surface area contributed by atoms with Crippen LogP contribution in [0, 0.1) is 10.1 Å². The van der Waals surface area contributed by atoms with Gasteiger partial charge in [-0.1, -0.05) is 0 Å². The lowest BCUT2D eigenvalue weighted by molar-refractivity contribution is -0.384. The molecule has 106 valence electrons. The predicted octanol–water partition coefficient (Wildman–Crippen LogP) is 2.63. The SMILES string of the molecule is NNc1cc([N+](=O)[O-])cc(Nc2ccc3ncsc3c2)n1. The monoisotopic (exact) mass is 302 g/mol. The quantitative estimate of drug-likeness (QED) is 0.385. The number of nitrogen functional groups attached to an aromatic ring is 1. The summed E-state index contributed by atoms with van der Waals surface area (Å²) in [7, 11) is 0. The molecule has 0 amide bonds. The molecule has 8 nitrogen and oxygen atoms in total. The number of nitrogens with two attached hydrogens (primary N) is 1. The molecular weight excluding hydrogens is 292 g/mol. The summed E-state index contributed by atoms with van der Waals surface area (Å²) in [5.74, 6) is 5.82. The number of hydrogen-bond donors (Lipinski definition) is 3. The number of nitrogens with zero attached hydrogens (tertiary/aromatic N) is 3. The van der Waals surface area contributed by atoms with E-state index in [2.05, 4.69) is 20.7 Å².